The summed E-state index contributed by atoms with van der Waals surface area (Å²) in [6.07, 6.45) is 1.57. The van der Waals surface area contributed by atoms with Gasteiger partial charge in [-0.3, -0.25) is 4.79 Å². The van der Waals surface area contributed by atoms with Gasteiger partial charge in [0, 0.05) is 30.8 Å². The topological polar surface area (TPSA) is 79.5 Å². The fourth-order valence-electron chi connectivity index (χ4n) is 3.83. The normalized spacial score (nSPS) is 17.1. The molecule has 4 rings (SSSR count). The number of aromatic amines is 1. The molecule has 1 saturated heterocycles. The van der Waals surface area contributed by atoms with Gasteiger partial charge in [-0.15, -0.1) is 0 Å². The van der Waals surface area contributed by atoms with E-state index in [-0.39, 0.29) is 29.6 Å². The number of nitrogens with zero attached hydrogens (tertiary/aromatic N) is 1. The monoisotopic (exact) mass is 426 g/mol. The van der Waals surface area contributed by atoms with Crippen molar-refractivity contribution in [2.24, 2.45) is 0 Å². The average molecular weight is 427 g/mol. The molecule has 6 nitrogen and oxygen atoms in total. The Balaban J connectivity index is 1.73. The van der Waals surface area contributed by atoms with Crippen LogP contribution >= 0.6 is 0 Å². The number of H-pyrrole nitrogens is 1. The second kappa shape index (κ2) is 8.34. The van der Waals surface area contributed by atoms with Gasteiger partial charge in [0.05, 0.1) is 11.0 Å². The fraction of sp³-hybridized carbons (Fsp3) is 0.348. The number of ether oxygens (including phenoxy) is 1. The molecule has 0 amide bonds. The van der Waals surface area contributed by atoms with Gasteiger partial charge in [-0.2, -0.15) is 4.31 Å². The molecule has 1 N–H and O–H groups in total. The molecule has 0 bridgehead atoms. The Labute approximate surface area is 176 Å². The van der Waals surface area contributed by atoms with E-state index >= 15 is 0 Å². The van der Waals surface area contributed by atoms with E-state index in [4.69, 9.17) is 4.74 Å². The molecule has 1 fully saturated rings. The zero-order chi connectivity index (χ0) is 21.3. The van der Waals surface area contributed by atoms with E-state index < -0.39 is 10.0 Å². The molecule has 0 aliphatic carbocycles. The Morgan fingerprint density at radius 2 is 1.83 bits per heavy atom. The van der Waals surface area contributed by atoms with Crippen LogP contribution in [-0.4, -0.2) is 37.0 Å². The first-order valence-electron chi connectivity index (χ1n) is 10.1. The second-order valence-electron chi connectivity index (χ2n) is 7.89. The Bertz CT molecular complexity index is 1210. The van der Waals surface area contributed by atoms with E-state index in [0.29, 0.717) is 12.2 Å². The van der Waals surface area contributed by atoms with Crippen LogP contribution in [-0.2, 0) is 21.3 Å². The number of nitrogens with one attached hydrogen (secondary N) is 1. The molecule has 7 heteroatoms. The molecule has 0 spiro atoms. The van der Waals surface area contributed by atoms with Gasteiger partial charge in [-0.1, -0.05) is 18.2 Å². The minimum atomic E-state index is -3.77. The highest BCUT2D eigenvalue weighted by atomic mass is 32.2. The lowest BCUT2D eigenvalue weighted by molar-refractivity contribution is 0.0925. The van der Waals surface area contributed by atoms with E-state index in [9.17, 15) is 13.2 Å². The number of fused-ring (bicyclic) bond motifs is 1. The van der Waals surface area contributed by atoms with Crippen LogP contribution in [0.15, 0.2) is 58.2 Å². The van der Waals surface area contributed by atoms with E-state index in [1.165, 1.54) is 4.31 Å². The first-order chi connectivity index (χ1) is 14.3. The van der Waals surface area contributed by atoms with E-state index in [1.807, 2.05) is 26.0 Å². The maximum Gasteiger partial charge on any atom is 0.252 e. The van der Waals surface area contributed by atoms with Crippen molar-refractivity contribution in [3.63, 3.8) is 0 Å². The molecule has 1 aromatic heterocycles. The zero-order valence-corrected chi connectivity index (χ0v) is 18.0. The van der Waals surface area contributed by atoms with Gasteiger partial charge in [-0.25, -0.2) is 8.42 Å². The molecule has 1 aliphatic heterocycles. The predicted molar refractivity (Wildman–Crippen MR) is 117 cm³/mol. The van der Waals surface area contributed by atoms with Gasteiger partial charge >= 0.3 is 0 Å². The molecular weight excluding hydrogens is 400 g/mol. The standard InChI is InChI=1S/C23H26N2O4S/c1-16-11-18-13-19(23(26)24-22(18)12-17(16)2)14-25(15-20-7-6-10-29-20)30(27,28)21-8-4-3-5-9-21/h3-5,8-9,11-13,20H,6-7,10,14-15H2,1-2H3,(H,24,26)/t20-/m1/s1. The Kier molecular flexibility index (Phi) is 5.77. The molecule has 0 unspecified atom stereocenters. The highest BCUT2D eigenvalue weighted by molar-refractivity contribution is 7.89. The number of pyridine rings is 1. The highest BCUT2D eigenvalue weighted by Gasteiger charge is 2.29. The van der Waals surface area contributed by atoms with Crippen LogP contribution in [0.3, 0.4) is 0 Å². The Hall–Kier alpha value is -2.48. The van der Waals surface area contributed by atoms with E-state index in [2.05, 4.69) is 4.98 Å². The van der Waals surface area contributed by atoms with Crippen molar-refractivity contribution in [2.75, 3.05) is 13.2 Å². The van der Waals surface area contributed by atoms with Gasteiger partial charge in [0.15, 0.2) is 0 Å². The van der Waals surface area contributed by atoms with Crippen LogP contribution < -0.4 is 5.56 Å². The van der Waals surface area contributed by atoms with E-state index in [1.54, 1.807) is 36.4 Å². The molecule has 0 radical (unpaired) electrons. The molecule has 2 heterocycles. The van der Waals surface area contributed by atoms with Crippen LogP contribution in [0.25, 0.3) is 10.9 Å². The van der Waals surface area contributed by atoms with Gasteiger partial charge in [0.1, 0.15) is 0 Å². The van der Waals surface area contributed by atoms with Gasteiger partial charge in [0.2, 0.25) is 10.0 Å². The van der Waals surface area contributed by atoms with Gasteiger partial charge < -0.3 is 9.72 Å². The fourth-order valence-corrected chi connectivity index (χ4v) is 5.30. The minimum absolute atomic E-state index is 0.00468. The molecule has 1 atom stereocenters. The number of hydrogen-bond donors (Lipinski definition) is 1. The summed E-state index contributed by atoms with van der Waals surface area (Å²) in [5, 5.41) is 0.891. The Morgan fingerprint density at radius 1 is 1.10 bits per heavy atom. The van der Waals surface area contributed by atoms with Crippen molar-refractivity contribution in [2.45, 2.75) is 44.2 Å². The van der Waals surface area contributed by atoms with E-state index in [0.717, 1.165) is 34.9 Å². The quantitative estimate of drug-likeness (QED) is 0.654. The lowest BCUT2D eigenvalue weighted by Crippen LogP contribution is -2.38. The highest BCUT2D eigenvalue weighted by Crippen LogP contribution is 2.23. The number of aryl methyl sites for hydroxylation is 2. The molecule has 3 aromatic rings. The summed E-state index contributed by atoms with van der Waals surface area (Å²) in [6.45, 7) is 4.87. The maximum absolute atomic E-state index is 13.4. The molecule has 30 heavy (non-hydrogen) atoms. The summed E-state index contributed by atoms with van der Waals surface area (Å²) in [7, 11) is -3.77. The maximum atomic E-state index is 13.4. The number of aromatic nitrogens is 1. The van der Waals surface area contributed by atoms with Crippen molar-refractivity contribution in [3.05, 3.63) is 75.6 Å². The first kappa shape index (κ1) is 20.8. The molecule has 1 aliphatic rings. The Morgan fingerprint density at radius 3 is 2.53 bits per heavy atom. The molecule has 0 saturated carbocycles. The van der Waals surface area contributed by atoms with Crippen molar-refractivity contribution in [1.82, 2.24) is 9.29 Å². The van der Waals surface area contributed by atoms with Crippen molar-refractivity contribution in [1.29, 1.82) is 0 Å². The SMILES string of the molecule is Cc1cc2cc(CN(C[C@H]3CCCO3)S(=O)(=O)c3ccccc3)c(=O)[nH]c2cc1C. The summed E-state index contributed by atoms with van der Waals surface area (Å²) in [5.41, 5.74) is 3.12. The third-order valence-electron chi connectivity index (χ3n) is 5.69. The summed E-state index contributed by atoms with van der Waals surface area (Å²) < 4.78 is 33.8. The van der Waals surface area contributed by atoms with Crippen molar-refractivity contribution >= 4 is 20.9 Å². The first-order valence-corrected chi connectivity index (χ1v) is 11.6. The minimum Gasteiger partial charge on any atom is -0.377 e. The average Bonchev–Trinajstić information content (AvgIpc) is 3.23. The van der Waals surface area contributed by atoms with Crippen LogP contribution in [0.1, 0.15) is 29.5 Å². The molecular formula is C23H26N2O4S. The van der Waals surface area contributed by atoms with Crippen LogP contribution in [0.4, 0.5) is 0 Å². The largest absolute Gasteiger partial charge is 0.377 e. The van der Waals surface area contributed by atoms with Crippen LogP contribution in [0, 0.1) is 13.8 Å². The van der Waals surface area contributed by atoms with Crippen LogP contribution in [0.2, 0.25) is 0 Å². The summed E-state index contributed by atoms with van der Waals surface area (Å²) >= 11 is 0. The lowest BCUT2D eigenvalue weighted by atomic mass is 10.0. The number of rotatable bonds is 6. The lowest BCUT2D eigenvalue weighted by Gasteiger charge is -2.25. The molecule has 158 valence electrons. The van der Waals surface area contributed by atoms with Gasteiger partial charge in [-0.05, 0) is 73.5 Å². The summed E-state index contributed by atoms with van der Waals surface area (Å²) in [6, 6.07) is 14.1. The smallest absolute Gasteiger partial charge is 0.252 e. The zero-order valence-electron chi connectivity index (χ0n) is 17.2. The second-order valence-corrected chi connectivity index (χ2v) is 9.83. The molecule has 2 aromatic carbocycles. The predicted octanol–water partition coefficient (Wildman–Crippen LogP) is 3.51. The summed E-state index contributed by atoms with van der Waals surface area (Å²) in [4.78, 5) is 15.9. The summed E-state index contributed by atoms with van der Waals surface area (Å²) in [5.74, 6) is 0. The number of sulfonamides is 1. The number of hydrogen-bond acceptors (Lipinski definition) is 4. The third-order valence-corrected chi connectivity index (χ3v) is 7.52. The van der Waals surface area contributed by atoms with Gasteiger partial charge in [0.25, 0.3) is 5.56 Å². The van der Waals surface area contributed by atoms with Crippen molar-refractivity contribution in [3.8, 4) is 0 Å². The third kappa shape index (κ3) is 4.19. The number of benzene rings is 2. The van der Waals surface area contributed by atoms with Crippen molar-refractivity contribution < 1.29 is 13.2 Å². The van der Waals surface area contributed by atoms with Crippen LogP contribution in [0.5, 0.6) is 0 Å².